The topological polar surface area (TPSA) is 66.8 Å². The summed E-state index contributed by atoms with van der Waals surface area (Å²) in [5.74, 6) is -0.806. The van der Waals surface area contributed by atoms with E-state index in [1.165, 1.54) is 0 Å². The number of carbonyl (C=O) groups excluding carboxylic acids is 1. The molecule has 5 nitrogen and oxygen atoms in total. The molecule has 5 heteroatoms. The van der Waals surface area contributed by atoms with Crippen LogP contribution < -0.4 is 0 Å². The average Bonchev–Trinajstić information content (AvgIpc) is 2.45. The van der Waals surface area contributed by atoms with Crippen molar-refractivity contribution in [3.05, 3.63) is 35.9 Å². The van der Waals surface area contributed by atoms with Crippen LogP contribution in [0.25, 0.3) is 0 Å². The molecule has 0 fully saturated rings. The maximum absolute atomic E-state index is 11.9. The molecule has 0 atom stereocenters. The van der Waals surface area contributed by atoms with E-state index in [1.54, 1.807) is 4.90 Å². The first-order valence-electron chi connectivity index (χ1n) is 6.81. The fraction of sp³-hybridized carbons (Fsp3) is 0.467. The second-order valence-electron chi connectivity index (χ2n) is 4.47. The summed E-state index contributed by atoms with van der Waals surface area (Å²) in [6.07, 6.45) is 1.02. The smallest absolute Gasteiger partial charge is 0.410 e. The Morgan fingerprint density at radius 1 is 1.20 bits per heavy atom. The lowest BCUT2D eigenvalue weighted by Gasteiger charge is -2.20. The fourth-order valence-corrected chi connectivity index (χ4v) is 1.77. The van der Waals surface area contributed by atoms with Crippen LogP contribution in [0.15, 0.2) is 30.3 Å². The molecule has 110 valence electrons. The van der Waals surface area contributed by atoms with Crippen molar-refractivity contribution in [2.45, 2.75) is 32.8 Å². The van der Waals surface area contributed by atoms with Crippen LogP contribution in [0.5, 0.6) is 0 Å². The van der Waals surface area contributed by atoms with Gasteiger partial charge in [-0.05, 0) is 25.3 Å². The molecule has 0 radical (unpaired) electrons. The molecule has 1 aromatic rings. The Morgan fingerprint density at radius 2 is 1.90 bits per heavy atom. The van der Waals surface area contributed by atoms with Crippen LogP contribution in [0.3, 0.4) is 0 Å². The SMILES string of the molecule is CCN(CCCCC(=O)O)C(=O)OCc1ccccc1. The summed E-state index contributed by atoms with van der Waals surface area (Å²) < 4.78 is 5.23. The molecular weight excluding hydrogens is 258 g/mol. The number of aliphatic carboxylic acids is 1. The van der Waals surface area contributed by atoms with Crippen molar-refractivity contribution in [3.8, 4) is 0 Å². The van der Waals surface area contributed by atoms with Crippen LogP contribution in [0.1, 0.15) is 31.7 Å². The van der Waals surface area contributed by atoms with Crippen LogP contribution in [0.2, 0.25) is 0 Å². The molecule has 1 amide bonds. The molecule has 0 aromatic heterocycles. The number of hydrogen-bond donors (Lipinski definition) is 1. The first kappa shape index (κ1) is 16.0. The third-order valence-electron chi connectivity index (χ3n) is 2.91. The molecule has 20 heavy (non-hydrogen) atoms. The summed E-state index contributed by atoms with van der Waals surface area (Å²) in [6.45, 7) is 3.21. The minimum Gasteiger partial charge on any atom is -0.481 e. The first-order valence-corrected chi connectivity index (χ1v) is 6.81. The van der Waals surface area contributed by atoms with Crippen molar-refractivity contribution in [2.24, 2.45) is 0 Å². The molecule has 1 rings (SSSR count). The van der Waals surface area contributed by atoms with Gasteiger partial charge in [-0.15, -0.1) is 0 Å². The lowest BCUT2D eigenvalue weighted by Crippen LogP contribution is -2.32. The maximum atomic E-state index is 11.9. The number of nitrogens with zero attached hydrogens (tertiary/aromatic N) is 1. The Labute approximate surface area is 119 Å². The number of carbonyl (C=O) groups is 2. The van der Waals surface area contributed by atoms with Crippen molar-refractivity contribution < 1.29 is 19.4 Å². The fourth-order valence-electron chi connectivity index (χ4n) is 1.77. The van der Waals surface area contributed by atoms with Gasteiger partial charge in [0, 0.05) is 19.5 Å². The highest BCUT2D eigenvalue weighted by Gasteiger charge is 2.12. The van der Waals surface area contributed by atoms with E-state index in [2.05, 4.69) is 0 Å². The minimum absolute atomic E-state index is 0.136. The van der Waals surface area contributed by atoms with Crippen LogP contribution in [0.4, 0.5) is 4.79 Å². The predicted molar refractivity (Wildman–Crippen MR) is 75.4 cm³/mol. The summed E-state index contributed by atoms with van der Waals surface area (Å²) in [7, 11) is 0. The highest BCUT2D eigenvalue weighted by atomic mass is 16.6. The standard InChI is InChI=1S/C15H21NO4/c1-2-16(11-7-6-10-14(17)18)15(19)20-12-13-8-4-3-5-9-13/h3-5,8-9H,2,6-7,10-12H2,1H3,(H,17,18). The van der Waals surface area contributed by atoms with Gasteiger partial charge in [-0.1, -0.05) is 30.3 Å². The molecule has 0 aliphatic rings. The monoisotopic (exact) mass is 279 g/mol. The lowest BCUT2D eigenvalue weighted by atomic mass is 10.2. The van der Waals surface area contributed by atoms with Crippen LogP contribution in [0, 0.1) is 0 Å². The van der Waals surface area contributed by atoms with Crippen molar-refractivity contribution in [1.29, 1.82) is 0 Å². The molecule has 0 spiro atoms. The number of unbranched alkanes of at least 4 members (excludes halogenated alkanes) is 1. The quantitative estimate of drug-likeness (QED) is 0.743. The summed E-state index contributed by atoms with van der Waals surface area (Å²) in [4.78, 5) is 23.9. The summed E-state index contributed by atoms with van der Waals surface area (Å²) in [6, 6.07) is 9.50. The van der Waals surface area contributed by atoms with Gasteiger partial charge >= 0.3 is 12.1 Å². The number of benzene rings is 1. The molecule has 0 unspecified atom stereocenters. The van der Waals surface area contributed by atoms with Gasteiger partial charge in [0.15, 0.2) is 0 Å². The van der Waals surface area contributed by atoms with E-state index in [0.29, 0.717) is 25.9 Å². The highest BCUT2D eigenvalue weighted by Crippen LogP contribution is 2.05. The Hall–Kier alpha value is -2.04. The number of rotatable bonds is 8. The molecule has 0 saturated heterocycles. The normalized spacial score (nSPS) is 10.1. The van der Waals surface area contributed by atoms with Crippen molar-refractivity contribution in [1.82, 2.24) is 4.90 Å². The predicted octanol–water partition coefficient (Wildman–Crippen LogP) is 2.90. The number of carboxylic acids is 1. The minimum atomic E-state index is -0.806. The number of amides is 1. The second-order valence-corrected chi connectivity index (χ2v) is 4.47. The lowest BCUT2D eigenvalue weighted by molar-refractivity contribution is -0.137. The zero-order valence-electron chi connectivity index (χ0n) is 11.7. The number of ether oxygens (including phenoxy) is 1. The van der Waals surface area contributed by atoms with Gasteiger partial charge in [0.25, 0.3) is 0 Å². The van der Waals surface area contributed by atoms with Gasteiger partial charge < -0.3 is 14.7 Å². The van der Waals surface area contributed by atoms with Gasteiger partial charge in [0.1, 0.15) is 6.61 Å². The van der Waals surface area contributed by atoms with Gasteiger partial charge in [-0.3, -0.25) is 4.79 Å². The molecule has 0 saturated carbocycles. The second kappa shape index (κ2) is 8.96. The van der Waals surface area contributed by atoms with E-state index in [0.717, 1.165) is 5.56 Å². The van der Waals surface area contributed by atoms with Crippen molar-refractivity contribution >= 4 is 12.1 Å². The first-order chi connectivity index (χ1) is 9.63. The largest absolute Gasteiger partial charge is 0.481 e. The van der Waals surface area contributed by atoms with E-state index in [-0.39, 0.29) is 19.1 Å². The third kappa shape index (κ3) is 6.22. The Balaban J connectivity index is 2.29. The maximum Gasteiger partial charge on any atom is 0.410 e. The van der Waals surface area contributed by atoms with Crippen LogP contribution >= 0.6 is 0 Å². The zero-order valence-corrected chi connectivity index (χ0v) is 11.7. The Kier molecular flexibility index (Phi) is 7.17. The molecular formula is C15H21NO4. The van der Waals surface area contributed by atoms with Gasteiger partial charge in [0.2, 0.25) is 0 Å². The summed E-state index contributed by atoms with van der Waals surface area (Å²) >= 11 is 0. The molecule has 1 N–H and O–H groups in total. The van der Waals surface area contributed by atoms with E-state index in [4.69, 9.17) is 9.84 Å². The average molecular weight is 279 g/mol. The van der Waals surface area contributed by atoms with E-state index in [1.807, 2.05) is 37.3 Å². The van der Waals surface area contributed by atoms with Crippen LogP contribution in [-0.2, 0) is 16.1 Å². The van der Waals surface area contributed by atoms with Crippen molar-refractivity contribution in [2.75, 3.05) is 13.1 Å². The summed E-state index contributed by atoms with van der Waals surface area (Å²) in [5.41, 5.74) is 0.947. The van der Waals surface area contributed by atoms with E-state index in [9.17, 15) is 9.59 Å². The summed E-state index contributed by atoms with van der Waals surface area (Å²) in [5, 5.41) is 8.55. The molecule has 0 aliphatic carbocycles. The molecule has 0 aliphatic heterocycles. The van der Waals surface area contributed by atoms with Gasteiger partial charge in [-0.2, -0.15) is 0 Å². The third-order valence-corrected chi connectivity index (χ3v) is 2.91. The molecule has 0 bridgehead atoms. The zero-order chi connectivity index (χ0) is 14.8. The number of hydrogen-bond acceptors (Lipinski definition) is 3. The Bertz CT molecular complexity index is 419. The van der Waals surface area contributed by atoms with Crippen LogP contribution in [-0.4, -0.2) is 35.2 Å². The van der Waals surface area contributed by atoms with E-state index < -0.39 is 5.97 Å². The van der Waals surface area contributed by atoms with Gasteiger partial charge in [-0.25, -0.2) is 4.79 Å². The highest BCUT2D eigenvalue weighted by molar-refractivity contribution is 5.67. The van der Waals surface area contributed by atoms with Crippen molar-refractivity contribution in [3.63, 3.8) is 0 Å². The molecule has 1 aromatic carbocycles. The van der Waals surface area contributed by atoms with E-state index >= 15 is 0 Å². The molecule has 0 heterocycles. The number of carboxylic acid groups (broad SMARTS) is 1. The van der Waals surface area contributed by atoms with Gasteiger partial charge in [0.05, 0.1) is 0 Å². The Morgan fingerprint density at radius 3 is 2.50 bits per heavy atom.